The van der Waals surface area contributed by atoms with Crippen molar-refractivity contribution in [3.8, 4) is 5.88 Å². The average Bonchev–Trinajstić information content (AvgIpc) is 3.09. The van der Waals surface area contributed by atoms with Gasteiger partial charge in [-0.3, -0.25) is 14.5 Å². The van der Waals surface area contributed by atoms with Crippen molar-refractivity contribution in [2.45, 2.75) is 38.4 Å². The SMILES string of the molecule is CCn1cc(CN2CC3(C[C@@H](COc4ccccn4)CCN3C)C2)cn1. The van der Waals surface area contributed by atoms with E-state index in [0.29, 0.717) is 11.5 Å². The van der Waals surface area contributed by atoms with Crippen LogP contribution >= 0.6 is 0 Å². The second kappa shape index (κ2) is 7.37. The number of ether oxygens (including phenoxy) is 1. The van der Waals surface area contributed by atoms with Crippen LogP contribution in [0.4, 0.5) is 0 Å². The van der Waals surface area contributed by atoms with Crippen LogP contribution in [0.1, 0.15) is 25.3 Å². The van der Waals surface area contributed by atoms with Crippen LogP contribution < -0.4 is 4.74 Å². The molecule has 0 amide bonds. The van der Waals surface area contributed by atoms with Gasteiger partial charge in [0.25, 0.3) is 0 Å². The van der Waals surface area contributed by atoms with Gasteiger partial charge in [-0.05, 0) is 45.3 Å². The van der Waals surface area contributed by atoms with E-state index in [1.807, 2.05) is 29.1 Å². The molecule has 0 bridgehead atoms. The van der Waals surface area contributed by atoms with Gasteiger partial charge in [0.2, 0.25) is 5.88 Å². The second-order valence-corrected chi connectivity index (χ2v) is 7.83. The van der Waals surface area contributed by atoms with E-state index in [2.05, 4.69) is 40.1 Å². The molecule has 0 radical (unpaired) electrons. The Kier molecular flexibility index (Phi) is 4.96. The Morgan fingerprint density at radius 2 is 2.19 bits per heavy atom. The number of likely N-dealkylation sites (tertiary alicyclic amines) is 2. The topological polar surface area (TPSA) is 46.4 Å². The molecule has 4 heterocycles. The smallest absolute Gasteiger partial charge is 0.213 e. The highest BCUT2D eigenvalue weighted by molar-refractivity contribution is 5.12. The van der Waals surface area contributed by atoms with Crippen LogP contribution in [0.25, 0.3) is 0 Å². The van der Waals surface area contributed by atoms with Crippen LogP contribution in [-0.2, 0) is 13.1 Å². The van der Waals surface area contributed by atoms with Crippen molar-refractivity contribution in [3.05, 3.63) is 42.4 Å². The molecular formula is C20H29N5O. The molecule has 6 nitrogen and oxygen atoms in total. The van der Waals surface area contributed by atoms with E-state index in [4.69, 9.17) is 4.74 Å². The van der Waals surface area contributed by atoms with E-state index >= 15 is 0 Å². The summed E-state index contributed by atoms with van der Waals surface area (Å²) in [5.74, 6) is 1.35. The summed E-state index contributed by atoms with van der Waals surface area (Å²) in [6.07, 6.45) is 8.37. The molecule has 2 aromatic rings. The number of aryl methyl sites for hydroxylation is 1. The third-order valence-corrected chi connectivity index (χ3v) is 5.91. The Labute approximate surface area is 155 Å². The molecule has 140 valence electrons. The molecule has 0 unspecified atom stereocenters. The first-order valence-electron chi connectivity index (χ1n) is 9.66. The molecule has 26 heavy (non-hydrogen) atoms. The molecule has 1 spiro atoms. The van der Waals surface area contributed by atoms with Crippen molar-refractivity contribution in [2.75, 3.05) is 33.3 Å². The number of aromatic nitrogens is 3. The quantitative estimate of drug-likeness (QED) is 0.795. The highest BCUT2D eigenvalue weighted by Gasteiger charge is 2.49. The van der Waals surface area contributed by atoms with Gasteiger partial charge in [0.1, 0.15) is 0 Å². The van der Waals surface area contributed by atoms with Crippen molar-refractivity contribution in [1.82, 2.24) is 24.6 Å². The van der Waals surface area contributed by atoms with Crippen LogP contribution in [0.3, 0.4) is 0 Å². The summed E-state index contributed by atoms with van der Waals surface area (Å²) in [6.45, 7) is 8.27. The molecule has 2 aliphatic heterocycles. The van der Waals surface area contributed by atoms with Crippen LogP contribution in [0.15, 0.2) is 36.8 Å². The lowest BCUT2D eigenvalue weighted by molar-refractivity contribution is -0.0875. The maximum Gasteiger partial charge on any atom is 0.213 e. The van der Waals surface area contributed by atoms with E-state index in [1.165, 1.54) is 18.4 Å². The lowest BCUT2D eigenvalue weighted by Crippen LogP contribution is -2.71. The van der Waals surface area contributed by atoms with Crippen molar-refractivity contribution < 1.29 is 4.74 Å². The maximum atomic E-state index is 5.93. The van der Waals surface area contributed by atoms with Crippen LogP contribution in [-0.4, -0.2) is 63.4 Å². The minimum Gasteiger partial charge on any atom is -0.477 e. The predicted molar refractivity (Wildman–Crippen MR) is 101 cm³/mol. The monoisotopic (exact) mass is 355 g/mol. The summed E-state index contributed by atoms with van der Waals surface area (Å²) in [7, 11) is 2.28. The van der Waals surface area contributed by atoms with Gasteiger partial charge in [0.05, 0.1) is 12.8 Å². The van der Waals surface area contributed by atoms with E-state index in [-0.39, 0.29) is 0 Å². The summed E-state index contributed by atoms with van der Waals surface area (Å²) in [4.78, 5) is 9.37. The highest BCUT2D eigenvalue weighted by atomic mass is 16.5. The molecule has 0 aliphatic carbocycles. The van der Waals surface area contributed by atoms with Crippen LogP contribution in [0.2, 0.25) is 0 Å². The zero-order valence-corrected chi connectivity index (χ0v) is 15.8. The minimum absolute atomic E-state index is 0.317. The third-order valence-electron chi connectivity index (χ3n) is 5.91. The molecule has 1 atom stereocenters. The van der Waals surface area contributed by atoms with E-state index < -0.39 is 0 Å². The molecule has 0 N–H and O–H groups in total. The lowest BCUT2D eigenvalue weighted by atomic mass is 9.75. The Bertz CT molecular complexity index is 710. The van der Waals surface area contributed by atoms with E-state index in [9.17, 15) is 0 Å². The molecule has 0 saturated carbocycles. The highest BCUT2D eigenvalue weighted by Crippen LogP contribution is 2.38. The Balaban J connectivity index is 1.30. The van der Waals surface area contributed by atoms with Gasteiger partial charge < -0.3 is 4.74 Å². The maximum absolute atomic E-state index is 5.93. The summed E-state index contributed by atoms with van der Waals surface area (Å²) in [6, 6.07) is 5.83. The lowest BCUT2D eigenvalue weighted by Gasteiger charge is -2.58. The van der Waals surface area contributed by atoms with Gasteiger partial charge >= 0.3 is 0 Å². The Morgan fingerprint density at radius 3 is 2.92 bits per heavy atom. The molecule has 2 fully saturated rings. The minimum atomic E-state index is 0.317. The van der Waals surface area contributed by atoms with Crippen molar-refractivity contribution in [2.24, 2.45) is 5.92 Å². The van der Waals surface area contributed by atoms with E-state index in [1.54, 1.807) is 6.20 Å². The zero-order valence-electron chi connectivity index (χ0n) is 15.8. The normalized spacial score (nSPS) is 23.1. The fourth-order valence-corrected chi connectivity index (χ4v) is 4.37. The zero-order chi connectivity index (χ0) is 18.0. The number of pyridine rings is 1. The van der Waals surface area contributed by atoms with Crippen molar-refractivity contribution in [1.29, 1.82) is 0 Å². The third kappa shape index (κ3) is 3.62. The molecule has 2 aromatic heterocycles. The van der Waals surface area contributed by atoms with Crippen LogP contribution in [0, 0.1) is 5.92 Å². The number of hydrogen-bond donors (Lipinski definition) is 0. The molecule has 2 saturated heterocycles. The molecule has 0 aromatic carbocycles. The second-order valence-electron chi connectivity index (χ2n) is 7.83. The number of likely N-dealkylation sites (N-methyl/N-ethyl adjacent to an activating group) is 1. The Hall–Kier alpha value is -1.92. The van der Waals surface area contributed by atoms with Gasteiger partial charge in [0, 0.05) is 55.7 Å². The number of nitrogens with zero attached hydrogens (tertiary/aromatic N) is 5. The first-order chi connectivity index (χ1) is 12.7. The Morgan fingerprint density at radius 1 is 1.31 bits per heavy atom. The van der Waals surface area contributed by atoms with Gasteiger partial charge in [0.15, 0.2) is 0 Å². The average molecular weight is 355 g/mol. The van der Waals surface area contributed by atoms with Crippen LogP contribution in [0.5, 0.6) is 5.88 Å². The summed E-state index contributed by atoms with van der Waals surface area (Å²) >= 11 is 0. The van der Waals surface area contributed by atoms with Crippen molar-refractivity contribution in [3.63, 3.8) is 0 Å². The van der Waals surface area contributed by atoms with Gasteiger partial charge in [-0.15, -0.1) is 0 Å². The number of rotatable bonds is 6. The first-order valence-corrected chi connectivity index (χ1v) is 9.66. The number of hydrogen-bond acceptors (Lipinski definition) is 5. The molecule has 6 heteroatoms. The fourth-order valence-electron chi connectivity index (χ4n) is 4.37. The molecule has 2 aliphatic rings. The largest absolute Gasteiger partial charge is 0.477 e. The van der Waals surface area contributed by atoms with Gasteiger partial charge in [-0.1, -0.05) is 6.07 Å². The summed E-state index contributed by atoms with van der Waals surface area (Å²) in [5.41, 5.74) is 1.63. The predicted octanol–water partition coefficient (Wildman–Crippen LogP) is 2.27. The van der Waals surface area contributed by atoms with E-state index in [0.717, 1.165) is 45.2 Å². The number of piperidine rings is 1. The summed E-state index contributed by atoms with van der Waals surface area (Å²) in [5, 5.41) is 4.39. The van der Waals surface area contributed by atoms with Gasteiger partial charge in [-0.2, -0.15) is 5.10 Å². The van der Waals surface area contributed by atoms with Gasteiger partial charge in [-0.25, -0.2) is 4.98 Å². The first kappa shape index (κ1) is 17.5. The molecular weight excluding hydrogens is 326 g/mol. The summed E-state index contributed by atoms with van der Waals surface area (Å²) < 4.78 is 7.93. The van der Waals surface area contributed by atoms with Crippen molar-refractivity contribution >= 4 is 0 Å². The standard InChI is InChI=1S/C20H29N5O/c1-3-25-13-18(11-22-25)12-24-15-20(16-24)10-17(7-9-23(20)2)14-26-19-6-4-5-8-21-19/h4-6,8,11,13,17H,3,7,9-10,12,14-16H2,1-2H3/t17-/m0/s1. The molecule has 4 rings (SSSR count). The fraction of sp³-hybridized carbons (Fsp3) is 0.600.